The van der Waals surface area contributed by atoms with E-state index >= 15 is 0 Å². The Morgan fingerprint density at radius 3 is 2.79 bits per heavy atom. The van der Waals surface area contributed by atoms with Crippen LogP contribution < -0.4 is 5.56 Å². The van der Waals surface area contributed by atoms with Crippen molar-refractivity contribution < 1.29 is 9.53 Å². The highest BCUT2D eigenvalue weighted by atomic mass is 32.2. The van der Waals surface area contributed by atoms with Crippen LogP contribution in [0.4, 0.5) is 0 Å². The van der Waals surface area contributed by atoms with Crippen molar-refractivity contribution in [2.24, 2.45) is 0 Å². The zero-order valence-electron chi connectivity index (χ0n) is 15.4. The summed E-state index contributed by atoms with van der Waals surface area (Å²) in [7, 11) is 1.29. The number of rotatable bonds is 6. The third kappa shape index (κ3) is 4.20. The van der Waals surface area contributed by atoms with E-state index in [-0.39, 0.29) is 12.1 Å². The molecule has 0 fully saturated rings. The number of thiazole rings is 1. The molecule has 0 N–H and O–H groups in total. The highest BCUT2D eigenvalue weighted by Crippen LogP contribution is 2.26. The topological polar surface area (TPSA) is 87.0 Å². The molecule has 0 atom stereocenters. The standard InChI is InChI=1S/C20H16N4O3S2/c1-27-17(25)10-24-19(26)14-6-2-3-7-15(14)23-20(24)29-12-13-11-28-18(22-13)16-8-4-5-9-21-16/h2-9,11H,10,12H2,1H3. The van der Waals surface area contributed by atoms with E-state index < -0.39 is 5.97 Å². The van der Waals surface area contributed by atoms with Gasteiger partial charge in [0, 0.05) is 17.3 Å². The highest BCUT2D eigenvalue weighted by Gasteiger charge is 2.15. The number of hydrogen-bond acceptors (Lipinski definition) is 8. The molecule has 29 heavy (non-hydrogen) atoms. The number of para-hydroxylation sites is 1. The van der Waals surface area contributed by atoms with Gasteiger partial charge in [0.2, 0.25) is 0 Å². The predicted octanol–water partition coefficient (Wildman–Crippen LogP) is 3.38. The Morgan fingerprint density at radius 1 is 1.17 bits per heavy atom. The molecule has 0 aliphatic carbocycles. The Morgan fingerprint density at radius 2 is 2.00 bits per heavy atom. The molecule has 146 valence electrons. The van der Waals surface area contributed by atoms with Crippen molar-refractivity contribution in [3.05, 3.63) is 70.1 Å². The third-order valence-electron chi connectivity index (χ3n) is 4.13. The highest BCUT2D eigenvalue weighted by molar-refractivity contribution is 7.98. The number of methoxy groups -OCH3 is 1. The summed E-state index contributed by atoms with van der Waals surface area (Å²) in [4.78, 5) is 38.2. The average molecular weight is 425 g/mol. The molecule has 0 aliphatic heterocycles. The molecule has 4 aromatic rings. The summed E-state index contributed by atoms with van der Waals surface area (Å²) in [6.07, 6.45) is 1.73. The second-order valence-corrected chi connectivity index (χ2v) is 7.83. The number of nitrogens with zero attached hydrogens (tertiary/aromatic N) is 4. The van der Waals surface area contributed by atoms with Crippen LogP contribution in [0.3, 0.4) is 0 Å². The quantitative estimate of drug-likeness (QED) is 0.266. The maximum Gasteiger partial charge on any atom is 0.325 e. The van der Waals surface area contributed by atoms with E-state index in [2.05, 4.69) is 15.0 Å². The lowest BCUT2D eigenvalue weighted by atomic mass is 10.2. The first kappa shape index (κ1) is 19.3. The number of pyridine rings is 1. The first-order valence-electron chi connectivity index (χ1n) is 8.70. The maximum atomic E-state index is 12.9. The lowest BCUT2D eigenvalue weighted by Crippen LogP contribution is -2.27. The van der Waals surface area contributed by atoms with Gasteiger partial charge < -0.3 is 4.74 Å². The van der Waals surface area contributed by atoms with Gasteiger partial charge >= 0.3 is 5.97 Å². The van der Waals surface area contributed by atoms with Gasteiger partial charge in [0.15, 0.2) is 5.16 Å². The van der Waals surface area contributed by atoms with E-state index in [9.17, 15) is 9.59 Å². The molecule has 0 radical (unpaired) electrons. The third-order valence-corrected chi connectivity index (χ3v) is 6.05. The zero-order valence-corrected chi connectivity index (χ0v) is 17.1. The maximum absolute atomic E-state index is 12.9. The van der Waals surface area contributed by atoms with Crippen molar-refractivity contribution in [1.82, 2.24) is 19.5 Å². The number of ether oxygens (including phenoxy) is 1. The Balaban J connectivity index is 1.63. The largest absolute Gasteiger partial charge is 0.468 e. The van der Waals surface area contributed by atoms with Crippen LogP contribution in [0, 0.1) is 0 Å². The van der Waals surface area contributed by atoms with Crippen molar-refractivity contribution in [2.75, 3.05) is 7.11 Å². The molecule has 0 aliphatic rings. The lowest BCUT2D eigenvalue weighted by Gasteiger charge is -2.11. The van der Waals surface area contributed by atoms with Gasteiger partial charge in [0.25, 0.3) is 5.56 Å². The Labute approximate surface area is 174 Å². The van der Waals surface area contributed by atoms with E-state index in [1.54, 1.807) is 24.4 Å². The molecule has 0 unspecified atom stereocenters. The van der Waals surface area contributed by atoms with Crippen LogP contribution in [0.2, 0.25) is 0 Å². The SMILES string of the molecule is COC(=O)Cn1c(SCc2csc(-c3ccccn3)n2)nc2ccccc2c1=O. The van der Waals surface area contributed by atoms with E-state index in [0.717, 1.165) is 16.4 Å². The van der Waals surface area contributed by atoms with E-state index in [1.165, 1.54) is 34.8 Å². The summed E-state index contributed by atoms with van der Waals surface area (Å²) in [5, 5.41) is 3.71. The van der Waals surface area contributed by atoms with Gasteiger partial charge in [0.05, 0.1) is 29.4 Å². The fourth-order valence-electron chi connectivity index (χ4n) is 2.71. The molecule has 0 spiro atoms. The van der Waals surface area contributed by atoms with Crippen LogP contribution in [0.1, 0.15) is 5.69 Å². The first-order valence-corrected chi connectivity index (χ1v) is 10.6. The molecular weight excluding hydrogens is 408 g/mol. The van der Waals surface area contributed by atoms with Crippen molar-refractivity contribution >= 4 is 40.0 Å². The fraction of sp³-hybridized carbons (Fsp3) is 0.150. The second kappa shape index (κ2) is 8.54. The number of carbonyl (C=O) groups excluding carboxylic acids is 1. The number of benzene rings is 1. The zero-order chi connectivity index (χ0) is 20.2. The van der Waals surface area contributed by atoms with Crippen LogP contribution in [-0.4, -0.2) is 32.6 Å². The molecule has 4 rings (SSSR count). The van der Waals surface area contributed by atoms with E-state index in [0.29, 0.717) is 21.8 Å². The molecule has 1 aromatic carbocycles. The second-order valence-electron chi connectivity index (χ2n) is 6.03. The molecule has 0 bridgehead atoms. The average Bonchev–Trinajstić information content (AvgIpc) is 3.24. The van der Waals surface area contributed by atoms with Crippen LogP contribution in [0.5, 0.6) is 0 Å². The summed E-state index contributed by atoms with van der Waals surface area (Å²) in [6, 6.07) is 12.8. The van der Waals surface area contributed by atoms with Crippen molar-refractivity contribution in [2.45, 2.75) is 17.5 Å². The number of fused-ring (bicyclic) bond motifs is 1. The minimum absolute atomic E-state index is 0.189. The summed E-state index contributed by atoms with van der Waals surface area (Å²) < 4.78 is 6.09. The molecular formula is C20H16N4O3S2. The van der Waals surface area contributed by atoms with Gasteiger partial charge in [-0.3, -0.25) is 19.1 Å². The number of carbonyl (C=O) groups is 1. The molecule has 0 saturated heterocycles. The van der Waals surface area contributed by atoms with E-state index in [1.807, 2.05) is 29.6 Å². The minimum atomic E-state index is -0.503. The first-order chi connectivity index (χ1) is 14.2. The molecule has 3 aromatic heterocycles. The fourth-order valence-corrected chi connectivity index (χ4v) is 4.50. The van der Waals surface area contributed by atoms with E-state index in [4.69, 9.17) is 4.74 Å². The van der Waals surface area contributed by atoms with Crippen molar-refractivity contribution in [3.63, 3.8) is 0 Å². The Hall–Kier alpha value is -3.04. The summed E-state index contributed by atoms with van der Waals surface area (Å²) in [5.74, 6) is 0.00655. The van der Waals surface area contributed by atoms with Gasteiger partial charge in [-0.05, 0) is 24.3 Å². The Kier molecular flexibility index (Phi) is 5.68. The summed E-state index contributed by atoms with van der Waals surface area (Å²) in [6.45, 7) is -0.189. The minimum Gasteiger partial charge on any atom is -0.468 e. The van der Waals surface area contributed by atoms with Gasteiger partial charge in [-0.1, -0.05) is 30.0 Å². The molecule has 9 heteroatoms. The molecule has 7 nitrogen and oxygen atoms in total. The van der Waals surface area contributed by atoms with Crippen LogP contribution in [-0.2, 0) is 21.8 Å². The number of esters is 1. The summed E-state index contributed by atoms with van der Waals surface area (Å²) >= 11 is 2.87. The molecule has 0 saturated carbocycles. The van der Waals surface area contributed by atoms with Gasteiger partial charge in [-0.15, -0.1) is 11.3 Å². The number of hydrogen-bond donors (Lipinski definition) is 0. The summed E-state index contributed by atoms with van der Waals surface area (Å²) in [5.41, 5.74) is 2.00. The lowest BCUT2D eigenvalue weighted by molar-refractivity contribution is -0.141. The normalized spacial score (nSPS) is 10.9. The Bertz CT molecular complexity index is 1220. The van der Waals surface area contributed by atoms with Crippen molar-refractivity contribution in [3.8, 4) is 10.7 Å². The van der Waals surface area contributed by atoms with Crippen LogP contribution in [0.15, 0.2) is 64.0 Å². The molecule has 0 amide bonds. The van der Waals surface area contributed by atoms with Crippen molar-refractivity contribution in [1.29, 1.82) is 0 Å². The number of aromatic nitrogens is 4. The van der Waals surface area contributed by atoms with Crippen LogP contribution in [0.25, 0.3) is 21.6 Å². The van der Waals surface area contributed by atoms with Crippen LogP contribution >= 0.6 is 23.1 Å². The van der Waals surface area contributed by atoms with Gasteiger partial charge in [-0.2, -0.15) is 0 Å². The van der Waals surface area contributed by atoms with Gasteiger partial charge in [0.1, 0.15) is 11.6 Å². The predicted molar refractivity (Wildman–Crippen MR) is 113 cm³/mol. The molecule has 3 heterocycles. The monoisotopic (exact) mass is 424 g/mol. The van der Waals surface area contributed by atoms with Gasteiger partial charge in [-0.25, -0.2) is 9.97 Å². The number of thioether (sulfide) groups is 1. The smallest absolute Gasteiger partial charge is 0.325 e.